The average molecular weight is 228 g/mol. The zero-order valence-electron chi connectivity index (χ0n) is 10.1. The molecule has 17 heavy (non-hydrogen) atoms. The molecule has 0 atom stereocenters. The summed E-state index contributed by atoms with van der Waals surface area (Å²) in [4.78, 5) is 10.5. The highest BCUT2D eigenvalue weighted by Gasteiger charge is 2.06. The summed E-state index contributed by atoms with van der Waals surface area (Å²) in [6, 6.07) is 5.94. The molecule has 0 bridgehead atoms. The third-order valence-electron chi connectivity index (χ3n) is 2.60. The van der Waals surface area contributed by atoms with E-state index in [0.29, 0.717) is 5.69 Å². The van der Waals surface area contributed by atoms with Crippen molar-refractivity contribution in [1.29, 1.82) is 0 Å². The van der Waals surface area contributed by atoms with Gasteiger partial charge in [0.05, 0.1) is 11.9 Å². The minimum Gasteiger partial charge on any atom is -0.397 e. The van der Waals surface area contributed by atoms with Crippen LogP contribution in [0.2, 0.25) is 0 Å². The van der Waals surface area contributed by atoms with Crippen LogP contribution in [0.1, 0.15) is 11.1 Å². The number of nitrogens with two attached hydrogens (primary N) is 1. The van der Waals surface area contributed by atoms with Crippen LogP contribution in [0.25, 0.3) is 0 Å². The van der Waals surface area contributed by atoms with Crippen molar-refractivity contribution in [2.24, 2.45) is 0 Å². The van der Waals surface area contributed by atoms with Crippen LogP contribution in [-0.2, 0) is 6.54 Å². The SMILES string of the molecule is Cc1cc(N)cnc1N(C)Cc1ccncc1. The molecule has 4 nitrogen and oxygen atoms in total. The third-order valence-corrected chi connectivity index (χ3v) is 2.60. The maximum Gasteiger partial charge on any atom is 0.131 e. The summed E-state index contributed by atoms with van der Waals surface area (Å²) in [6.07, 6.45) is 5.28. The van der Waals surface area contributed by atoms with E-state index < -0.39 is 0 Å². The fourth-order valence-corrected chi connectivity index (χ4v) is 1.83. The lowest BCUT2D eigenvalue weighted by Gasteiger charge is -2.20. The first-order valence-corrected chi connectivity index (χ1v) is 5.49. The van der Waals surface area contributed by atoms with Gasteiger partial charge < -0.3 is 10.6 Å². The highest BCUT2D eigenvalue weighted by atomic mass is 15.2. The van der Waals surface area contributed by atoms with Crippen LogP contribution in [0, 0.1) is 6.92 Å². The van der Waals surface area contributed by atoms with Crippen molar-refractivity contribution >= 4 is 11.5 Å². The van der Waals surface area contributed by atoms with Gasteiger partial charge in [0.15, 0.2) is 0 Å². The summed E-state index contributed by atoms with van der Waals surface area (Å²) in [7, 11) is 2.02. The van der Waals surface area contributed by atoms with Gasteiger partial charge in [-0.25, -0.2) is 4.98 Å². The molecule has 88 valence electrons. The van der Waals surface area contributed by atoms with Gasteiger partial charge in [0, 0.05) is 26.0 Å². The minimum absolute atomic E-state index is 0.698. The first kappa shape index (κ1) is 11.4. The Bertz CT molecular complexity index is 496. The standard InChI is InChI=1S/C13H16N4/c1-10-7-12(14)8-16-13(10)17(2)9-11-3-5-15-6-4-11/h3-8H,9,14H2,1-2H3. The molecule has 0 unspecified atom stereocenters. The Morgan fingerprint density at radius 3 is 2.65 bits per heavy atom. The second kappa shape index (κ2) is 4.82. The average Bonchev–Trinajstić information content (AvgIpc) is 2.30. The van der Waals surface area contributed by atoms with Crippen LogP contribution in [0.4, 0.5) is 11.5 Å². The summed E-state index contributed by atoms with van der Waals surface area (Å²) in [5.41, 5.74) is 8.68. The van der Waals surface area contributed by atoms with Crippen LogP contribution >= 0.6 is 0 Å². The van der Waals surface area contributed by atoms with Crippen LogP contribution in [0.5, 0.6) is 0 Å². The predicted octanol–water partition coefficient (Wildman–Crippen LogP) is 2.00. The van der Waals surface area contributed by atoms with Gasteiger partial charge in [0.1, 0.15) is 5.82 Å². The van der Waals surface area contributed by atoms with Crippen LogP contribution in [0.15, 0.2) is 36.8 Å². The monoisotopic (exact) mass is 228 g/mol. The predicted molar refractivity (Wildman–Crippen MR) is 69.7 cm³/mol. The largest absolute Gasteiger partial charge is 0.397 e. The Hall–Kier alpha value is -2.10. The van der Waals surface area contributed by atoms with Crippen LogP contribution in [-0.4, -0.2) is 17.0 Å². The van der Waals surface area contributed by atoms with E-state index in [9.17, 15) is 0 Å². The lowest BCUT2D eigenvalue weighted by atomic mass is 10.2. The fourth-order valence-electron chi connectivity index (χ4n) is 1.83. The zero-order chi connectivity index (χ0) is 12.3. The molecule has 0 saturated carbocycles. The molecule has 2 aromatic rings. The number of aromatic nitrogens is 2. The topological polar surface area (TPSA) is 55.0 Å². The summed E-state index contributed by atoms with van der Waals surface area (Å²) in [5, 5.41) is 0. The van der Waals surface area contributed by atoms with Crippen molar-refractivity contribution in [1.82, 2.24) is 9.97 Å². The number of rotatable bonds is 3. The van der Waals surface area contributed by atoms with Gasteiger partial charge in [-0.15, -0.1) is 0 Å². The van der Waals surface area contributed by atoms with Gasteiger partial charge >= 0.3 is 0 Å². The molecule has 0 fully saturated rings. The van der Waals surface area contributed by atoms with Crippen LogP contribution in [0.3, 0.4) is 0 Å². The molecule has 0 aromatic carbocycles. The number of anilines is 2. The minimum atomic E-state index is 0.698. The van der Waals surface area contributed by atoms with Crippen molar-refractivity contribution in [3.8, 4) is 0 Å². The van der Waals surface area contributed by atoms with E-state index in [1.165, 1.54) is 5.56 Å². The second-order valence-electron chi connectivity index (χ2n) is 4.12. The molecule has 0 aliphatic heterocycles. The molecule has 0 radical (unpaired) electrons. The molecule has 2 heterocycles. The molecule has 0 spiro atoms. The Kier molecular flexibility index (Phi) is 3.23. The van der Waals surface area contributed by atoms with Crippen molar-refractivity contribution in [3.05, 3.63) is 47.9 Å². The molecular formula is C13H16N4. The first-order chi connectivity index (χ1) is 8.16. The second-order valence-corrected chi connectivity index (χ2v) is 4.12. The van der Waals surface area contributed by atoms with E-state index in [-0.39, 0.29) is 0 Å². The van der Waals surface area contributed by atoms with Crippen molar-refractivity contribution in [2.45, 2.75) is 13.5 Å². The van der Waals surface area contributed by atoms with E-state index in [0.717, 1.165) is 17.9 Å². The van der Waals surface area contributed by atoms with E-state index in [4.69, 9.17) is 5.73 Å². The maximum atomic E-state index is 5.69. The lowest BCUT2D eigenvalue weighted by Crippen LogP contribution is -2.18. The number of pyridine rings is 2. The molecule has 0 aliphatic carbocycles. The molecule has 0 saturated heterocycles. The Morgan fingerprint density at radius 2 is 2.00 bits per heavy atom. The van der Waals surface area contributed by atoms with Gasteiger partial charge in [-0.2, -0.15) is 0 Å². The lowest BCUT2D eigenvalue weighted by molar-refractivity contribution is 0.889. The number of hydrogen-bond acceptors (Lipinski definition) is 4. The summed E-state index contributed by atoms with van der Waals surface area (Å²) in [6.45, 7) is 2.82. The van der Waals surface area contributed by atoms with Gasteiger partial charge in [0.25, 0.3) is 0 Å². The van der Waals surface area contributed by atoms with E-state index in [1.54, 1.807) is 18.6 Å². The van der Waals surface area contributed by atoms with Gasteiger partial charge in [-0.1, -0.05) is 0 Å². The highest BCUT2D eigenvalue weighted by Crippen LogP contribution is 2.19. The van der Waals surface area contributed by atoms with Crippen molar-refractivity contribution in [2.75, 3.05) is 17.7 Å². The van der Waals surface area contributed by atoms with Crippen molar-refractivity contribution < 1.29 is 0 Å². The summed E-state index contributed by atoms with van der Waals surface area (Å²) >= 11 is 0. The number of aryl methyl sites for hydroxylation is 1. The molecule has 2 rings (SSSR count). The number of nitrogen functional groups attached to an aromatic ring is 1. The Labute approximate surface area is 101 Å². The summed E-state index contributed by atoms with van der Waals surface area (Å²) < 4.78 is 0. The fraction of sp³-hybridized carbons (Fsp3) is 0.231. The van der Waals surface area contributed by atoms with E-state index in [2.05, 4.69) is 14.9 Å². The Morgan fingerprint density at radius 1 is 1.29 bits per heavy atom. The molecule has 0 aliphatic rings. The smallest absolute Gasteiger partial charge is 0.131 e. The molecule has 2 aromatic heterocycles. The van der Waals surface area contributed by atoms with E-state index >= 15 is 0 Å². The molecule has 0 amide bonds. The normalized spacial score (nSPS) is 10.2. The quantitative estimate of drug-likeness (QED) is 0.873. The van der Waals surface area contributed by atoms with Gasteiger partial charge in [0.2, 0.25) is 0 Å². The summed E-state index contributed by atoms with van der Waals surface area (Å²) in [5.74, 6) is 0.955. The Balaban J connectivity index is 2.17. The number of nitrogens with zero attached hydrogens (tertiary/aromatic N) is 3. The van der Waals surface area contributed by atoms with E-state index in [1.807, 2.05) is 32.2 Å². The highest BCUT2D eigenvalue weighted by molar-refractivity contribution is 5.52. The number of hydrogen-bond donors (Lipinski definition) is 1. The van der Waals surface area contributed by atoms with Gasteiger partial charge in [-0.05, 0) is 36.2 Å². The van der Waals surface area contributed by atoms with Crippen molar-refractivity contribution in [3.63, 3.8) is 0 Å². The zero-order valence-corrected chi connectivity index (χ0v) is 10.1. The molecular weight excluding hydrogens is 212 g/mol. The van der Waals surface area contributed by atoms with Gasteiger partial charge in [-0.3, -0.25) is 4.98 Å². The molecule has 4 heteroatoms. The third kappa shape index (κ3) is 2.72. The molecule has 2 N–H and O–H groups in total. The maximum absolute atomic E-state index is 5.69. The first-order valence-electron chi connectivity index (χ1n) is 5.49. The van der Waals surface area contributed by atoms with Crippen LogP contribution < -0.4 is 10.6 Å².